The molecule has 0 radical (unpaired) electrons. The molecule has 0 aliphatic carbocycles. The number of hydrogen-bond acceptors (Lipinski definition) is 2. The Morgan fingerprint density at radius 3 is 2.67 bits per heavy atom. The van der Waals surface area contributed by atoms with Crippen molar-refractivity contribution in [2.75, 3.05) is 0 Å². The normalized spacial score (nSPS) is 12.0. The second kappa shape index (κ2) is 4.60. The van der Waals surface area contributed by atoms with Crippen LogP contribution in [0.25, 0.3) is 0 Å². The first-order valence-corrected chi connectivity index (χ1v) is 3.55. The average Bonchev–Trinajstić information content (AvgIpc) is 1.94. The topological polar surface area (TPSA) is 38.9 Å². The minimum absolute atomic E-state index is 0. The summed E-state index contributed by atoms with van der Waals surface area (Å²) in [5.74, 6) is -0.526. The van der Waals surface area contributed by atoms with Crippen LogP contribution in [-0.4, -0.2) is 4.98 Å². The van der Waals surface area contributed by atoms with E-state index in [9.17, 15) is 4.39 Å². The zero-order chi connectivity index (χ0) is 8.43. The van der Waals surface area contributed by atoms with Gasteiger partial charge in [0.1, 0.15) is 0 Å². The summed E-state index contributed by atoms with van der Waals surface area (Å²) in [6.07, 6.45) is 1.47. The van der Waals surface area contributed by atoms with Crippen molar-refractivity contribution >= 4 is 24.0 Å². The lowest BCUT2D eigenvalue weighted by atomic mass is 10.2. The van der Waals surface area contributed by atoms with Gasteiger partial charge in [0.05, 0.1) is 0 Å². The van der Waals surface area contributed by atoms with Crippen LogP contribution in [0.15, 0.2) is 12.3 Å². The first-order chi connectivity index (χ1) is 5.11. The van der Waals surface area contributed by atoms with E-state index >= 15 is 0 Å². The fourth-order valence-corrected chi connectivity index (χ4v) is 0.788. The van der Waals surface area contributed by atoms with Gasteiger partial charge < -0.3 is 5.73 Å². The van der Waals surface area contributed by atoms with Crippen molar-refractivity contribution in [1.82, 2.24) is 4.98 Å². The molecule has 1 atom stereocenters. The van der Waals surface area contributed by atoms with Crippen LogP contribution in [0, 0.1) is 5.82 Å². The van der Waals surface area contributed by atoms with E-state index in [1.54, 1.807) is 6.92 Å². The standard InChI is InChI=1S/C7H8ClFN2.ClH/c1-4(10)5-2-6(9)7(8)11-3-5;/h2-4H,10H2,1H3;1H. The Morgan fingerprint density at radius 2 is 2.25 bits per heavy atom. The zero-order valence-electron chi connectivity index (χ0n) is 6.42. The predicted molar refractivity (Wildman–Crippen MR) is 49.1 cm³/mol. The van der Waals surface area contributed by atoms with Crippen molar-refractivity contribution in [2.45, 2.75) is 13.0 Å². The molecule has 1 aromatic rings. The maximum atomic E-state index is 12.7. The van der Waals surface area contributed by atoms with Gasteiger partial charge >= 0.3 is 0 Å². The molecule has 1 aromatic heterocycles. The maximum absolute atomic E-state index is 12.7. The van der Waals surface area contributed by atoms with E-state index in [1.165, 1.54) is 12.3 Å². The molecule has 1 heterocycles. The maximum Gasteiger partial charge on any atom is 0.164 e. The van der Waals surface area contributed by atoms with Crippen LogP contribution in [0.5, 0.6) is 0 Å². The number of rotatable bonds is 1. The summed E-state index contributed by atoms with van der Waals surface area (Å²) in [6, 6.07) is 1.08. The molecule has 0 spiro atoms. The second-order valence-electron chi connectivity index (χ2n) is 2.33. The third-order valence-electron chi connectivity index (χ3n) is 1.34. The van der Waals surface area contributed by atoms with Crippen molar-refractivity contribution in [2.24, 2.45) is 5.73 Å². The predicted octanol–water partition coefficient (Wildman–Crippen LogP) is 2.32. The molecule has 0 fully saturated rings. The van der Waals surface area contributed by atoms with Gasteiger partial charge in [0, 0.05) is 12.2 Å². The lowest BCUT2D eigenvalue weighted by molar-refractivity contribution is 0.615. The average molecular weight is 211 g/mol. The van der Waals surface area contributed by atoms with Crippen LogP contribution in [-0.2, 0) is 0 Å². The number of nitrogens with zero attached hydrogens (tertiary/aromatic N) is 1. The van der Waals surface area contributed by atoms with Crippen LogP contribution in [0.2, 0.25) is 5.15 Å². The molecule has 68 valence electrons. The molecule has 2 nitrogen and oxygen atoms in total. The Balaban J connectivity index is 0.00000121. The van der Waals surface area contributed by atoms with E-state index in [4.69, 9.17) is 17.3 Å². The summed E-state index contributed by atoms with van der Waals surface area (Å²) in [7, 11) is 0. The second-order valence-corrected chi connectivity index (χ2v) is 2.69. The lowest BCUT2D eigenvalue weighted by Gasteiger charge is -2.04. The molecule has 0 saturated heterocycles. The van der Waals surface area contributed by atoms with Crippen LogP contribution < -0.4 is 5.73 Å². The van der Waals surface area contributed by atoms with Crippen LogP contribution in [0.3, 0.4) is 0 Å². The molecule has 12 heavy (non-hydrogen) atoms. The molecule has 1 unspecified atom stereocenters. The molecule has 0 saturated carbocycles. The monoisotopic (exact) mass is 210 g/mol. The van der Waals surface area contributed by atoms with Crippen LogP contribution in [0.4, 0.5) is 4.39 Å². The van der Waals surface area contributed by atoms with Crippen LogP contribution >= 0.6 is 24.0 Å². The molecule has 5 heteroatoms. The van der Waals surface area contributed by atoms with E-state index in [0.717, 1.165) is 0 Å². The molecule has 0 aliphatic heterocycles. The molecular formula is C7H9Cl2FN2. The number of pyridine rings is 1. The fourth-order valence-electron chi connectivity index (χ4n) is 0.685. The molecule has 0 aliphatic rings. The SMILES string of the molecule is CC(N)c1cnc(Cl)c(F)c1.Cl. The van der Waals surface area contributed by atoms with Gasteiger partial charge in [-0.2, -0.15) is 0 Å². The Labute approximate surface area is 81.3 Å². The Morgan fingerprint density at radius 1 is 1.67 bits per heavy atom. The highest BCUT2D eigenvalue weighted by molar-refractivity contribution is 6.29. The molecule has 0 amide bonds. The Bertz CT molecular complexity index is 266. The van der Waals surface area contributed by atoms with Crippen molar-refractivity contribution in [1.29, 1.82) is 0 Å². The smallest absolute Gasteiger partial charge is 0.164 e. The Hall–Kier alpha value is -0.380. The van der Waals surface area contributed by atoms with E-state index < -0.39 is 5.82 Å². The Kier molecular flexibility index (Phi) is 4.45. The fraction of sp³-hybridized carbons (Fsp3) is 0.286. The minimum Gasteiger partial charge on any atom is -0.324 e. The zero-order valence-corrected chi connectivity index (χ0v) is 7.99. The van der Waals surface area contributed by atoms with Gasteiger partial charge in [0.15, 0.2) is 11.0 Å². The molecule has 0 aromatic carbocycles. The van der Waals surface area contributed by atoms with Crippen molar-refractivity contribution < 1.29 is 4.39 Å². The number of nitrogens with two attached hydrogens (primary N) is 1. The van der Waals surface area contributed by atoms with Gasteiger partial charge in [0.25, 0.3) is 0 Å². The summed E-state index contributed by atoms with van der Waals surface area (Å²) in [4.78, 5) is 3.61. The summed E-state index contributed by atoms with van der Waals surface area (Å²) < 4.78 is 12.7. The number of aromatic nitrogens is 1. The highest BCUT2D eigenvalue weighted by Gasteiger charge is 2.04. The molecule has 2 N–H and O–H groups in total. The van der Waals surface area contributed by atoms with E-state index in [2.05, 4.69) is 4.98 Å². The largest absolute Gasteiger partial charge is 0.324 e. The van der Waals surface area contributed by atoms with Crippen molar-refractivity contribution in [3.8, 4) is 0 Å². The van der Waals surface area contributed by atoms with E-state index in [0.29, 0.717) is 5.56 Å². The first kappa shape index (κ1) is 11.6. The van der Waals surface area contributed by atoms with Gasteiger partial charge in [-0.25, -0.2) is 9.37 Å². The first-order valence-electron chi connectivity index (χ1n) is 3.18. The van der Waals surface area contributed by atoms with Gasteiger partial charge in [-0.05, 0) is 18.6 Å². The molecular weight excluding hydrogens is 202 g/mol. The van der Waals surface area contributed by atoms with E-state index in [-0.39, 0.29) is 23.6 Å². The number of halogens is 3. The third-order valence-corrected chi connectivity index (χ3v) is 1.62. The third kappa shape index (κ3) is 2.59. The summed E-state index contributed by atoms with van der Waals surface area (Å²) in [6.45, 7) is 1.75. The van der Waals surface area contributed by atoms with Gasteiger partial charge in [-0.15, -0.1) is 12.4 Å². The highest BCUT2D eigenvalue weighted by Crippen LogP contribution is 2.15. The lowest BCUT2D eigenvalue weighted by Crippen LogP contribution is -2.05. The summed E-state index contributed by atoms with van der Waals surface area (Å²) >= 11 is 5.36. The van der Waals surface area contributed by atoms with E-state index in [1.807, 2.05) is 0 Å². The summed E-state index contributed by atoms with van der Waals surface area (Å²) in [5.41, 5.74) is 6.13. The van der Waals surface area contributed by atoms with Gasteiger partial charge in [-0.3, -0.25) is 0 Å². The van der Waals surface area contributed by atoms with Gasteiger partial charge in [-0.1, -0.05) is 11.6 Å². The molecule has 1 rings (SSSR count). The summed E-state index contributed by atoms with van der Waals surface area (Å²) in [5, 5.41) is -0.116. The highest BCUT2D eigenvalue weighted by atomic mass is 35.5. The molecule has 0 bridgehead atoms. The number of hydrogen-bond donors (Lipinski definition) is 1. The van der Waals surface area contributed by atoms with Gasteiger partial charge in [0.2, 0.25) is 0 Å². The van der Waals surface area contributed by atoms with Crippen molar-refractivity contribution in [3.63, 3.8) is 0 Å². The minimum atomic E-state index is -0.526. The van der Waals surface area contributed by atoms with Crippen molar-refractivity contribution in [3.05, 3.63) is 28.8 Å². The quantitative estimate of drug-likeness (QED) is 0.724. The van der Waals surface area contributed by atoms with Crippen LogP contribution in [0.1, 0.15) is 18.5 Å².